The fraction of sp³-hybridized carbons (Fsp3) is 0.704. The Balaban J connectivity index is 5.40. The van der Waals surface area contributed by atoms with Crippen molar-refractivity contribution in [1.82, 2.24) is 0 Å². The fourth-order valence-corrected chi connectivity index (χ4v) is 11.6. The van der Waals surface area contributed by atoms with Crippen molar-refractivity contribution in [2.45, 2.75) is 329 Å². The number of phosphoric acid groups is 2. The Labute approximate surface area is 606 Å². The smallest absolute Gasteiger partial charge is 0.462 e. The van der Waals surface area contributed by atoms with Gasteiger partial charge in [-0.25, -0.2) is 9.13 Å². The van der Waals surface area contributed by atoms with Crippen molar-refractivity contribution in [3.8, 4) is 0 Å². The number of rotatable bonds is 72. The summed E-state index contributed by atoms with van der Waals surface area (Å²) in [6, 6.07) is 0. The van der Waals surface area contributed by atoms with Crippen LogP contribution in [0.5, 0.6) is 0 Å². The van der Waals surface area contributed by atoms with Gasteiger partial charge in [-0.05, 0) is 128 Å². The average molecular weight is 1450 g/mol. The number of carbonyl (C=O) groups excluding carboxylic acids is 4. The van der Waals surface area contributed by atoms with Crippen LogP contribution >= 0.6 is 15.6 Å². The van der Waals surface area contributed by atoms with E-state index >= 15 is 0 Å². The van der Waals surface area contributed by atoms with Crippen LogP contribution in [0.1, 0.15) is 310 Å². The van der Waals surface area contributed by atoms with Crippen molar-refractivity contribution >= 4 is 39.5 Å². The summed E-state index contributed by atoms with van der Waals surface area (Å²) in [5, 5.41) is 10.6. The van der Waals surface area contributed by atoms with Crippen molar-refractivity contribution in [2.24, 2.45) is 0 Å². The molecule has 0 saturated carbocycles. The van der Waals surface area contributed by atoms with E-state index in [0.717, 1.165) is 148 Å². The second-order valence-corrected chi connectivity index (χ2v) is 28.4. The molecule has 0 aromatic heterocycles. The maximum atomic E-state index is 13.1. The molecule has 0 aliphatic carbocycles. The zero-order valence-corrected chi connectivity index (χ0v) is 64.4. The summed E-state index contributed by atoms with van der Waals surface area (Å²) in [4.78, 5) is 72.9. The quantitative estimate of drug-likeness (QED) is 0.0169. The summed E-state index contributed by atoms with van der Waals surface area (Å²) < 4.78 is 68.4. The minimum atomic E-state index is -4.99. The molecule has 17 nitrogen and oxygen atoms in total. The first-order chi connectivity index (χ1) is 48.7. The Hall–Kier alpha value is -4.54. The molecule has 0 saturated heterocycles. The maximum absolute atomic E-state index is 13.1. The lowest BCUT2D eigenvalue weighted by atomic mass is 10.0. The molecule has 0 fully saturated rings. The molecule has 100 heavy (non-hydrogen) atoms. The number of aliphatic hydroxyl groups is 1. The Kier molecular flexibility index (Phi) is 69.5. The zero-order chi connectivity index (χ0) is 73.2. The molecule has 0 heterocycles. The van der Waals surface area contributed by atoms with Crippen molar-refractivity contribution in [2.75, 3.05) is 39.6 Å². The normalized spacial score (nSPS) is 14.6. The number of hydrogen-bond donors (Lipinski definition) is 3. The van der Waals surface area contributed by atoms with E-state index in [0.29, 0.717) is 32.1 Å². The Morgan fingerprint density at radius 2 is 0.530 bits per heavy atom. The lowest BCUT2D eigenvalue weighted by Gasteiger charge is -2.21. The van der Waals surface area contributed by atoms with Gasteiger partial charge in [0.2, 0.25) is 0 Å². The van der Waals surface area contributed by atoms with Crippen LogP contribution < -0.4 is 0 Å². The van der Waals surface area contributed by atoms with Crippen LogP contribution in [-0.2, 0) is 65.4 Å². The van der Waals surface area contributed by atoms with Gasteiger partial charge in [-0.1, -0.05) is 278 Å². The maximum Gasteiger partial charge on any atom is 0.472 e. The Morgan fingerprint density at radius 1 is 0.290 bits per heavy atom. The molecule has 0 radical (unpaired) electrons. The molecular formula is C81H138O17P2. The van der Waals surface area contributed by atoms with Gasteiger partial charge in [-0.3, -0.25) is 37.3 Å². The third-order valence-electron chi connectivity index (χ3n) is 15.9. The lowest BCUT2D eigenvalue weighted by Crippen LogP contribution is -2.30. The molecule has 0 rings (SSSR count). The number of allylic oxidation sites excluding steroid dienone is 20. The number of esters is 4. The van der Waals surface area contributed by atoms with E-state index in [1.807, 2.05) is 12.2 Å². The highest BCUT2D eigenvalue weighted by molar-refractivity contribution is 7.47. The van der Waals surface area contributed by atoms with Crippen molar-refractivity contribution < 1.29 is 80.2 Å². The molecule has 0 aromatic rings. The highest BCUT2D eigenvalue weighted by Crippen LogP contribution is 2.45. The van der Waals surface area contributed by atoms with E-state index in [2.05, 4.69) is 137 Å². The van der Waals surface area contributed by atoms with E-state index in [1.54, 1.807) is 0 Å². The summed E-state index contributed by atoms with van der Waals surface area (Å²) in [6.07, 6.45) is 79.1. The van der Waals surface area contributed by atoms with Gasteiger partial charge in [0.05, 0.1) is 26.4 Å². The minimum Gasteiger partial charge on any atom is -0.462 e. The summed E-state index contributed by atoms with van der Waals surface area (Å²) in [5.41, 5.74) is 0. The highest BCUT2D eigenvalue weighted by atomic mass is 31.2. The molecule has 0 spiro atoms. The van der Waals surface area contributed by atoms with Gasteiger partial charge in [0.1, 0.15) is 19.3 Å². The van der Waals surface area contributed by atoms with Crippen LogP contribution in [0.4, 0.5) is 0 Å². The molecule has 5 atom stereocenters. The first kappa shape index (κ1) is 95.5. The predicted molar refractivity (Wildman–Crippen MR) is 408 cm³/mol. The molecule has 3 N–H and O–H groups in total. The van der Waals surface area contributed by atoms with Gasteiger partial charge in [0.15, 0.2) is 12.2 Å². The van der Waals surface area contributed by atoms with E-state index in [1.165, 1.54) is 77.0 Å². The second kappa shape index (κ2) is 72.8. The van der Waals surface area contributed by atoms with Crippen molar-refractivity contribution in [1.29, 1.82) is 0 Å². The topological polar surface area (TPSA) is 237 Å². The molecule has 0 aromatic carbocycles. The van der Waals surface area contributed by atoms with Crippen LogP contribution in [0.25, 0.3) is 0 Å². The van der Waals surface area contributed by atoms with Gasteiger partial charge in [-0.2, -0.15) is 0 Å². The summed E-state index contributed by atoms with van der Waals surface area (Å²) >= 11 is 0. The molecule has 574 valence electrons. The van der Waals surface area contributed by atoms with E-state index in [4.69, 9.17) is 37.0 Å². The Morgan fingerprint density at radius 3 is 0.860 bits per heavy atom. The first-order valence-corrected chi connectivity index (χ1v) is 41.8. The summed E-state index contributed by atoms with van der Waals surface area (Å²) in [5.74, 6) is -2.27. The van der Waals surface area contributed by atoms with Gasteiger partial charge < -0.3 is 33.8 Å². The van der Waals surface area contributed by atoms with Gasteiger partial charge in [0.25, 0.3) is 0 Å². The SMILES string of the molecule is CC/C=C\C/C=C\C/C=C\C/C=C\C/C=C\CCCC(=O)OCC(COP(=O)(O)OCC(O)COP(=O)(O)OCC(COC(=O)CCCCCC/C=C\C/C=C\C/C=C\C/C=C\CC)OC(=O)CCCCCCCCCCCCCCC)OC(=O)CCCCCCC/C=C\CCCCCC. The lowest BCUT2D eigenvalue weighted by molar-refractivity contribution is -0.161. The van der Waals surface area contributed by atoms with Gasteiger partial charge in [-0.15, -0.1) is 0 Å². The van der Waals surface area contributed by atoms with Gasteiger partial charge >= 0.3 is 39.5 Å². The van der Waals surface area contributed by atoms with Gasteiger partial charge in [0, 0.05) is 25.7 Å². The van der Waals surface area contributed by atoms with Crippen LogP contribution in [0, 0.1) is 0 Å². The number of hydrogen-bond acceptors (Lipinski definition) is 15. The largest absolute Gasteiger partial charge is 0.472 e. The minimum absolute atomic E-state index is 0.0708. The van der Waals surface area contributed by atoms with Crippen molar-refractivity contribution in [3.63, 3.8) is 0 Å². The van der Waals surface area contributed by atoms with Crippen LogP contribution in [0.15, 0.2) is 122 Å². The number of carbonyl (C=O) groups is 4. The molecule has 0 bridgehead atoms. The monoisotopic (exact) mass is 1440 g/mol. The first-order valence-electron chi connectivity index (χ1n) is 38.8. The predicted octanol–water partition coefficient (Wildman–Crippen LogP) is 22.3. The van der Waals surface area contributed by atoms with Crippen LogP contribution in [-0.4, -0.2) is 96.7 Å². The van der Waals surface area contributed by atoms with Crippen LogP contribution in [0.3, 0.4) is 0 Å². The molecule has 19 heteroatoms. The Bertz CT molecular complexity index is 2370. The fourth-order valence-electron chi connectivity index (χ4n) is 10.1. The number of ether oxygens (including phenoxy) is 4. The molecule has 0 aliphatic heterocycles. The molecule has 0 amide bonds. The zero-order valence-electron chi connectivity index (χ0n) is 62.6. The number of unbranched alkanes of at least 4 members (excludes halogenated alkanes) is 26. The average Bonchev–Trinajstić information content (AvgIpc) is 0.943. The third kappa shape index (κ3) is 71.8. The molecule has 5 unspecified atom stereocenters. The number of phosphoric ester groups is 2. The third-order valence-corrected chi connectivity index (χ3v) is 17.8. The summed E-state index contributed by atoms with van der Waals surface area (Å²) in [6.45, 7) is 4.54. The molecular weight excluding hydrogens is 1310 g/mol. The molecule has 0 aliphatic rings. The summed E-state index contributed by atoms with van der Waals surface area (Å²) in [7, 11) is -9.97. The highest BCUT2D eigenvalue weighted by Gasteiger charge is 2.30. The standard InChI is InChI=1S/C81H138O17P2/c1-5-9-13-17-21-25-29-33-35-37-39-43-45-49-53-57-61-65-78(83)91-71-76(97-80(85)67-63-59-55-51-47-41-31-27-23-19-15-11-7-3)73-95-99(87,88)93-69-75(82)70-94-100(89,90)96-74-77(98-81(86)68-64-60-56-52-48-42-32-28-24-20-16-12-8-4)72-92-79(84)66-62-58-54-50-46-44-40-38-36-34-30-26-22-18-14-10-6-2/h9-10,13-14,21-22,25-27,31,33-36,39-40,43-44,49,53,75-77,82H,5-8,11-12,15-20,23-24,28-30,32,37-38,41-42,45-48,50-52,54-74H2,1-4H3,(H,87,88)(H,89,90)/b13-9-,14-10-,25-21-,26-22-,31-27-,35-33-,36-34-,43-39-,44-40-,53-49-. The second-order valence-electron chi connectivity index (χ2n) is 25.5. The van der Waals surface area contributed by atoms with E-state index in [9.17, 15) is 43.2 Å². The van der Waals surface area contributed by atoms with Crippen molar-refractivity contribution in [3.05, 3.63) is 122 Å². The number of aliphatic hydroxyl groups excluding tert-OH is 1. The van der Waals surface area contributed by atoms with E-state index < -0.39 is 97.5 Å². The van der Waals surface area contributed by atoms with Crippen LogP contribution in [0.2, 0.25) is 0 Å². The van der Waals surface area contributed by atoms with E-state index in [-0.39, 0.29) is 25.7 Å².